The van der Waals surface area contributed by atoms with Gasteiger partial charge in [0.2, 0.25) is 5.91 Å². The Bertz CT molecular complexity index is 667. The third kappa shape index (κ3) is 4.78. The number of hydrogen-bond donors (Lipinski definition) is 1. The second-order valence-electron chi connectivity index (χ2n) is 4.19. The third-order valence-corrected chi connectivity index (χ3v) is 3.92. The van der Waals surface area contributed by atoms with Crippen molar-refractivity contribution in [2.24, 2.45) is 0 Å². The van der Waals surface area contributed by atoms with Gasteiger partial charge in [0.25, 0.3) is 0 Å². The van der Waals surface area contributed by atoms with Gasteiger partial charge in [0.1, 0.15) is 0 Å². The van der Waals surface area contributed by atoms with Crippen molar-refractivity contribution in [1.82, 2.24) is 4.98 Å². The number of nitriles is 1. The maximum absolute atomic E-state index is 11.8. The number of hydrogen-bond acceptors (Lipinski definition) is 4. The molecule has 1 aromatic carbocycles. The molecule has 1 N–H and O–H groups in total. The summed E-state index contributed by atoms with van der Waals surface area (Å²) in [7, 11) is 0. The molecule has 1 amide bonds. The van der Waals surface area contributed by atoms with Gasteiger partial charge in [-0.1, -0.05) is 23.7 Å². The van der Waals surface area contributed by atoms with Crippen molar-refractivity contribution in [3.05, 3.63) is 58.9 Å². The number of nitrogens with one attached hydrogen (secondary N) is 1. The van der Waals surface area contributed by atoms with Crippen LogP contribution in [0, 0.1) is 11.3 Å². The van der Waals surface area contributed by atoms with Crippen molar-refractivity contribution in [2.75, 3.05) is 11.1 Å². The van der Waals surface area contributed by atoms with Crippen LogP contribution < -0.4 is 5.32 Å². The molecule has 21 heavy (non-hydrogen) atoms. The van der Waals surface area contributed by atoms with Crippen LogP contribution in [-0.2, 0) is 10.5 Å². The summed E-state index contributed by atoms with van der Waals surface area (Å²) in [5.74, 6) is 0.911. The molecule has 1 heterocycles. The number of carbonyl (C=O) groups excluding carboxylic acids is 1. The maximum atomic E-state index is 11.8. The smallest absolute Gasteiger partial charge is 0.234 e. The number of pyridine rings is 1. The van der Waals surface area contributed by atoms with Crippen molar-refractivity contribution >= 4 is 35.0 Å². The summed E-state index contributed by atoms with van der Waals surface area (Å²) in [5.41, 5.74) is 2.22. The van der Waals surface area contributed by atoms with E-state index in [0.29, 0.717) is 22.8 Å². The van der Waals surface area contributed by atoms with E-state index >= 15 is 0 Å². The number of amides is 1. The zero-order valence-electron chi connectivity index (χ0n) is 11.0. The van der Waals surface area contributed by atoms with E-state index in [1.165, 1.54) is 11.8 Å². The van der Waals surface area contributed by atoms with Gasteiger partial charge in [0.05, 0.1) is 23.1 Å². The van der Waals surface area contributed by atoms with Crippen LogP contribution in [0.2, 0.25) is 5.15 Å². The van der Waals surface area contributed by atoms with Crippen molar-refractivity contribution in [2.45, 2.75) is 5.75 Å². The molecule has 0 aliphatic rings. The second-order valence-corrected chi connectivity index (χ2v) is 5.54. The molecular weight excluding hydrogens is 306 g/mol. The van der Waals surface area contributed by atoms with Crippen molar-refractivity contribution < 1.29 is 4.79 Å². The molecule has 0 bridgehead atoms. The van der Waals surface area contributed by atoms with Crippen LogP contribution >= 0.6 is 23.4 Å². The number of carbonyl (C=O) groups is 1. The highest BCUT2D eigenvalue weighted by Crippen LogP contribution is 2.18. The number of aromatic nitrogens is 1. The molecule has 0 aliphatic heterocycles. The highest BCUT2D eigenvalue weighted by atomic mass is 35.5. The molecule has 0 atom stereocenters. The first-order valence-electron chi connectivity index (χ1n) is 6.16. The molecule has 0 aliphatic carbocycles. The lowest BCUT2D eigenvalue weighted by Crippen LogP contribution is -2.14. The van der Waals surface area contributed by atoms with Gasteiger partial charge >= 0.3 is 0 Å². The molecule has 2 aromatic rings. The van der Waals surface area contributed by atoms with Crippen molar-refractivity contribution in [3.8, 4) is 6.07 Å². The molecular formula is C15H12ClN3OS. The second kappa shape index (κ2) is 7.67. The molecule has 4 nitrogen and oxygen atoms in total. The van der Waals surface area contributed by atoms with Crippen LogP contribution in [0.15, 0.2) is 42.6 Å². The standard InChI is InChI=1S/C15H12ClN3OS/c16-15-13(2-1-7-18-15)19-14(20)10-21-9-12-5-3-11(8-17)4-6-12/h1-7H,9-10H2,(H,19,20). The first kappa shape index (κ1) is 15.4. The molecule has 1 aromatic heterocycles. The van der Waals surface area contributed by atoms with E-state index in [2.05, 4.69) is 16.4 Å². The fourth-order valence-electron chi connectivity index (χ4n) is 1.60. The van der Waals surface area contributed by atoms with Crippen LogP contribution in [0.4, 0.5) is 5.69 Å². The zero-order chi connectivity index (χ0) is 15.1. The largest absolute Gasteiger partial charge is 0.323 e. The van der Waals surface area contributed by atoms with Gasteiger partial charge in [0.15, 0.2) is 5.15 Å². The van der Waals surface area contributed by atoms with Crippen LogP contribution in [0.3, 0.4) is 0 Å². The number of thioether (sulfide) groups is 1. The number of halogens is 1. The predicted molar refractivity (Wildman–Crippen MR) is 85.2 cm³/mol. The third-order valence-electron chi connectivity index (χ3n) is 2.62. The summed E-state index contributed by atoms with van der Waals surface area (Å²) in [5, 5.41) is 11.7. The Kier molecular flexibility index (Phi) is 5.61. The Morgan fingerprint density at radius 1 is 1.33 bits per heavy atom. The normalized spacial score (nSPS) is 9.90. The first-order valence-corrected chi connectivity index (χ1v) is 7.69. The summed E-state index contributed by atoms with van der Waals surface area (Å²) >= 11 is 7.36. The van der Waals surface area contributed by atoms with Gasteiger partial charge in [-0.3, -0.25) is 4.79 Å². The van der Waals surface area contributed by atoms with Crippen LogP contribution in [-0.4, -0.2) is 16.6 Å². The van der Waals surface area contributed by atoms with Gasteiger partial charge in [-0.15, -0.1) is 11.8 Å². The Labute approximate surface area is 132 Å². The van der Waals surface area contributed by atoms with Gasteiger partial charge in [-0.25, -0.2) is 4.98 Å². The molecule has 0 spiro atoms. The van der Waals surface area contributed by atoms with Gasteiger partial charge < -0.3 is 5.32 Å². The lowest BCUT2D eigenvalue weighted by molar-refractivity contribution is -0.113. The summed E-state index contributed by atoms with van der Waals surface area (Å²) in [4.78, 5) is 15.7. The Morgan fingerprint density at radius 3 is 2.76 bits per heavy atom. The number of nitrogens with zero attached hydrogens (tertiary/aromatic N) is 2. The number of rotatable bonds is 5. The van der Waals surface area contributed by atoms with E-state index in [4.69, 9.17) is 16.9 Å². The van der Waals surface area contributed by atoms with Crippen LogP contribution in [0.1, 0.15) is 11.1 Å². The fourth-order valence-corrected chi connectivity index (χ4v) is 2.56. The highest BCUT2D eigenvalue weighted by Gasteiger charge is 2.06. The van der Waals surface area contributed by atoms with Crippen molar-refractivity contribution in [1.29, 1.82) is 5.26 Å². The zero-order valence-corrected chi connectivity index (χ0v) is 12.6. The summed E-state index contributed by atoms with van der Waals surface area (Å²) in [6.45, 7) is 0. The maximum Gasteiger partial charge on any atom is 0.234 e. The Morgan fingerprint density at radius 2 is 2.10 bits per heavy atom. The van der Waals surface area contributed by atoms with E-state index in [9.17, 15) is 4.79 Å². The van der Waals surface area contributed by atoms with E-state index in [1.807, 2.05) is 12.1 Å². The van der Waals surface area contributed by atoms with Gasteiger partial charge in [-0.2, -0.15) is 5.26 Å². The molecule has 0 saturated carbocycles. The highest BCUT2D eigenvalue weighted by molar-refractivity contribution is 7.99. The van der Waals surface area contributed by atoms with E-state index in [0.717, 1.165) is 5.56 Å². The number of anilines is 1. The minimum Gasteiger partial charge on any atom is -0.323 e. The topological polar surface area (TPSA) is 65.8 Å². The lowest BCUT2D eigenvalue weighted by atomic mass is 10.2. The quantitative estimate of drug-likeness (QED) is 0.857. The molecule has 0 radical (unpaired) electrons. The minimum absolute atomic E-state index is 0.122. The van der Waals surface area contributed by atoms with E-state index in [1.54, 1.807) is 30.5 Å². The molecule has 6 heteroatoms. The van der Waals surface area contributed by atoms with E-state index < -0.39 is 0 Å². The predicted octanol–water partition coefficient (Wildman–Crippen LogP) is 3.48. The van der Waals surface area contributed by atoms with Crippen LogP contribution in [0.5, 0.6) is 0 Å². The van der Waals surface area contributed by atoms with Crippen molar-refractivity contribution in [3.63, 3.8) is 0 Å². The molecule has 0 saturated heterocycles. The lowest BCUT2D eigenvalue weighted by Gasteiger charge is -2.06. The van der Waals surface area contributed by atoms with Gasteiger partial charge in [-0.05, 0) is 29.8 Å². The molecule has 106 valence electrons. The SMILES string of the molecule is N#Cc1ccc(CSCC(=O)Nc2cccnc2Cl)cc1. The summed E-state index contributed by atoms with van der Waals surface area (Å²) in [6, 6.07) is 12.8. The van der Waals surface area contributed by atoms with Crippen LogP contribution in [0.25, 0.3) is 0 Å². The summed E-state index contributed by atoms with van der Waals surface area (Å²) < 4.78 is 0. The monoisotopic (exact) mass is 317 g/mol. The Balaban J connectivity index is 1.79. The number of benzene rings is 1. The molecule has 0 fully saturated rings. The van der Waals surface area contributed by atoms with E-state index in [-0.39, 0.29) is 11.1 Å². The fraction of sp³-hybridized carbons (Fsp3) is 0.133. The molecule has 0 unspecified atom stereocenters. The average molecular weight is 318 g/mol. The minimum atomic E-state index is -0.122. The Hall–Kier alpha value is -2.03. The summed E-state index contributed by atoms with van der Waals surface area (Å²) in [6.07, 6.45) is 1.57. The molecule has 2 rings (SSSR count). The van der Waals surface area contributed by atoms with Gasteiger partial charge in [0, 0.05) is 11.9 Å². The first-order chi connectivity index (χ1) is 10.2. The average Bonchev–Trinajstić information content (AvgIpc) is 2.50.